The molecule has 1 aromatic carbocycles. The minimum atomic E-state index is -0.193. The van der Waals surface area contributed by atoms with Crippen LogP contribution < -0.4 is 0 Å². The molecule has 1 atom stereocenters. The zero-order valence-electron chi connectivity index (χ0n) is 8.51. The number of halogens is 3. The fourth-order valence-corrected chi connectivity index (χ4v) is 4.25. The van der Waals surface area contributed by atoms with E-state index in [0.717, 1.165) is 14.9 Å². The van der Waals surface area contributed by atoms with Gasteiger partial charge in [0.1, 0.15) is 0 Å². The number of hydrogen-bond donors (Lipinski definition) is 0. The maximum absolute atomic E-state index is 6.45. The van der Waals surface area contributed by atoms with Crippen molar-refractivity contribution in [1.82, 2.24) is 0 Å². The molecule has 0 radical (unpaired) electrons. The van der Waals surface area contributed by atoms with Crippen molar-refractivity contribution in [2.24, 2.45) is 0 Å². The van der Waals surface area contributed by atoms with E-state index < -0.39 is 0 Å². The second-order valence-electron chi connectivity index (χ2n) is 3.45. The Morgan fingerprint density at radius 1 is 1.31 bits per heavy atom. The summed E-state index contributed by atoms with van der Waals surface area (Å²) in [5.74, 6) is 0. The highest BCUT2D eigenvalue weighted by Gasteiger charge is 2.18. The van der Waals surface area contributed by atoms with E-state index in [1.807, 2.05) is 24.3 Å². The van der Waals surface area contributed by atoms with E-state index in [1.165, 1.54) is 4.88 Å². The quantitative estimate of drug-likeness (QED) is 0.608. The Balaban J connectivity index is 2.43. The van der Waals surface area contributed by atoms with Crippen molar-refractivity contribution in [2.45, 2.75) is 12.3 Å². The van der Waals surface area contributed by atoms with Crippen LogP contribution in [0.5, 0.6) is 0 Å². The highest BCUT2D eigenvalue weighted by atomic mass is 79.9. The molecular formula is C12H9BrCl2S. The third-order valence-electron chi connectivity index (χ3n) is 2.24. The molecule has 1 aromatic heterocycles. The van der Waals surface area contributed by atoms with Gasteiger partial charge in [0.2, 0.25) is 0 Å². The third-order valence-corrected chi connectivity index (χ3v) is 5.21. The van der Waals surface area contributed by atoms with E-state index in [0.29, 0.717) is 5.02 Å². The lowest BCUT2D eigenvalue weighted by molar-refractivity contribution is 1.17. The van der Waals surface area contributed by atoms with Gasteiger partial charge in [0.05, 0.1) is 5.38 Å². The summed E-state index contributed by atoms with van der Waals surface area (Å²) >= 11 is 17.8. The molecule has 0 saturated heterocycles. The van der Waals surface area contributed by atoms with Gasteiger partial charge in [-0.2, -0.15) is 0 Å². The standard InChI is InChI=1S/C12H9BrCl2S/c1-7-6-9(13)12(16-7)11(15)8-4-2-3-5-10(8)14/h2-6,11H,1H3. The minimum Gasteiger partial charge on any atom is -0.143 e. The van der Waals surface area contributed by atoms with Crippen molar-refractivity contribution < 1.29 is 0 Å². The molecule has 0 nitrogen and oxygen atoms in total. The van der Waals surface area contributed by atoms with Crippen LogP contribution in [0.3, 0.4) is 0 Å². The molecule has 1 heterocycles. The maximum atomic E-state index is 6.45. The van der Waals surface area contributed by atoms with Crippen LogP contribution in [0.1, 0.15) is 20.7 Å². The van der Waals surface area contributed by atoms with Gasteiger partial charge in [-0.15, -0.1) is 22.9 Å². The van der Waals surface area contributed by atoms with Gasteiger partial charge in [-0.3, -0.25) is 0 Å². The molecule has 0 aliphatic carbocycles. The Labute approximate surface area is 117 Å². The molecule has 0 spiro atoms. The summed E-state index contributed by atoms with van der Waals surface area (Å²) in [6.45, 7) is 2.06. The minimum absolute atomic E-state index is 0.193. The molecule has 0 N–H and O–H groups in total. The van der Waals surface area contributed by atoms with Crippen molar-refractivity contribution in [3.63, 3.8) is 0 Å². The number of thiophene rings is 1. The van der Waals surface area contributed by atoms with Gasteiger partial charge in [0.25, 0.3) is 0 Å². The predicted octanol–water partition coefficient (Wildman–Crippen LogP) is 5.80. The first-order valence-corrected chi connectivity index (χ1v) is 7.16. The Kier molecular flexibility index (Phi) is 3.96. The van der Waals surface area contributed by atoms with E-state index in [4.69, 9.17) is 23.2 Å². The van der Waals surface area contributed by atoms with Crippen molar-refractivity contribution in [2.75, 3.05) is 0 Å². The molecule has 0 bridgehead atoms. The van der Waals surface area contributed by atoms with Gasteiger partial charge in [-0.05, 0) is 40.5 Å². The topological polar surface area (TPSA) is 0 Å². The Morgan fingerprint density at radius 3 is 2.56 bits per heavy atom. The van der Waals surface area contributed by atoms with E-state index in [-0.39, 0.29) is 5.38 Å². The molecule has 0 amide bonds. The van der Waals surface area contributed by atoms with Crippen LogP contribution in [-0.2, 0) is 0 Å². The molecule has 0 aliphatic heterocycles. The lowest BCUT2D eigenvalue weighted by Crippen LogP contribution is -1.91. The summed E-state index contributed by atoms with van der Waals surface area (Å²) in [4.78, 5) is 2.34. The van der Waals surface area contributed by atoms with E-state index in [2.05, 4.69) is 28.9 Å². The van der Waals surface area contributed by atoms with Gasteiger partial charge in [-0.25, -0.2) is 0 Å². The maximum Gasteiger partial charge on any atom is 0.0953 e. The fourth-order valence-electron chi connectivity index (χ4n) is 1.50. The van der Waals surface area contributed by atoms with Gasteiger partial charge >= 0.3 is 0 Å². The normalized spacial score (nSPS) is 12.8. The number of alkyl halides is 1. The van der Waals surface area contributed by atoms with Crippen LogP contribution in [0.4, 0.5) is 0 Å². The van der Waals surface area contributed by atoms with Crippen LogP contribution in [0.25, 0.3) is 0 Å². The van der Waals surface area contributed by atoms with Crippen LogP contribution >= 0.6 is 50.5 Å². The first kappa shape index (κ1) is 12.4. The van der Waals surface area contributed by atoms with Crippen molar-refractivity contribution in [1.29, 1.82) is 0 Å². The van der Waals surface area contributed by atoms with Crippen LogP contribution in [0.2, 0.25) is 5.02 Å². The summed E-state index contributed by atoms with van der Waals surface area (Å²) in [6.07, 6.45) is 0. The van der Waals surface area contributed by atoms with Gasteiger partial charge < -0.3 is 0 Å². The molecule has 0 aliphatic rings. The molecule has 0 fully saturated rings. The number of hydrogen-bond acceptors (Lipinski definition) is 1. The van der Waals surface area contributed by atoms with Crippen LogP contribution in [-0.4, -0.2) is 0 Å². The zero-order valence-corrected chi connectivity index (χ0v) is 12.4. The molecule has 84 valence electrons. The van der Waals surface area contributed by atoms with Crippen LogP contribution in [0, 0.1) is 6.92 Å². The van der Waals surface area contributed by atoms with E-state index in [1.54, 1.807) is 11.3 Å². The highest BCUT2D eigenvalue weighted by Crippen LogP contribution is 2.41. The zero-order chi connectivity index (χ0) is 11.7. The lowest BCUT2D eigenvalue weighted by atomic mass is 10.1. The number of benzene rings is 1. The highest BCUT2D eigenvalue weighted by molar-refractivity contribution is 9.10. The molecular weight excluding hydrogens is 327 g/mol. The second kappa shape index (κ2) is 5.09. The molecule has 2 rings (SSSR count). The van der Waals surface area contributed by atoms with Gasteiger partial charge in [0.15, 0.2) is 0 Å². The van der Waals surface area contributed by atoms with E-state index in [9.17, 15) is 0 Å². The Hall–Kier alpha value is -0.0200. The lowest BCUT2D eigenvalue weighted by Gasteiger charge is -2.10. The first-order valence-electron chi connectivity index (χ1n) is 4.74. The molecule has 0 saturated carbocycles. The van der Waals surface area contributed by atoms with E-state index >= 15 is 0 Å². The smallest absolute Gasteiger partial charge is 0.0953 e. The summed E-state index contributed by atoms with van der Waals surface area (Å²) in [7, 11) is 0. The second-order valence-corrected chi connectivity index (χ2v) is 6.44. The van der Waals surface area contributed by atoms with Crippen LogP contribution in [0.15, 0.2) is 34.8 Å². The molecule has 2 aromatic rings. The Bertz CT molecular complexity index is 507. The number of rotatable bonds is 2. The summed E-state index contributed by atoms with van der Waals surface area (Å²) in [5.41, 5.74) is 0.952. The van der Waals surface area contributed by atoms with Gasteiger partial charge in [-0.1, -0.05) is 29.8 Å². The molecule has 4 heteroatoms. The Morgan fingerprint density at radius 2 is 2.00 bits per heavy atom. The summed E-state index contributed by atoms with van der Waals surface area (Å²) < 4.78 is 1.05. The summed E-state index contributed by atoms with van der Waals surface area (Å²) in [5, 5.41) is 0.516. The average molecular weight is 336 g/mol. The molecule has 1 unspecified atom stereocenters. The molecule has 16 heavy (non-hydrogen) atoms. The monoisotopic (exact) mass is 334 g/mol. The SMILES string of the molecule is Cc1cc(Br)c(C(Cl)c2ccccc2Cl)s1. The largest absolute Gasteiger partial charge is 0.143 e. The third kappa shape index (κ3) is 2.45. The van der Waals surface area contributed by atoms with Crippen molar-refractivity contribution in [3.05, 3.63) is 55.1 Å². The summed E-state index contributed by atoms with van der Waals surface area (Å²) in [6, 6.07) is 9.75. The average Bonchev–Trinajstić information content (AvgIpc) is 2.58. The van der Waals surface area contributed by atoms with Crippen molar-refractivity contribution in [3.8, 4) is 0 Å². The first-order chi connectivity index (χ1) is 7.59. The van der Waals surface area contributed by atoms with Crippen molar-refractivity contribution >= 4 is 50.5 Å². The van der Waals surface area contributed by atoms with Gasteiger partial charge in [0, 0.05) is 19.2 Å². The fraction of sp³-hybridized carbons (Fsp3) is 0.167. The number of aryl methyl sites for hydroxylation is 1. The predicted molar refractivity (Wildman–Crippen MR) is 75.9 cm³/mol.